The summed E-state index contributed by atoms with van der Waals surface area (Å²) in [6, 6.07) is 17.9. The Hall–Kier alpha value is -2.96. The number of carbonyl (C=O) groups excluding carboxylic acids is 2. The van der Waals surface area contributed by atoms with E-state index in [1.807, 2.05) is 12.1 Å². The summed E-state index contributed by atoms with van der Waals surface area (Å²) in [5, 5.41) is 10.7. The average molecular weight is 412 g/mol. The molecule has 3 aromatic carbocycles. The number of amides is 2. The van der Waals surface area contributed by atoms with Gasteiger partial charge in [-0.25, -0.2) is 0 Å². The van der Waals surface area contributed by atoms with Crippen LogP contribution in [-0.4, -0.2) is 16.9 Å². The van der Waals surface area contributed by atoms with Gasteiger partial charge < -0.3 is 10.6 Å². The summed E-state index contributed by atoms with van der Waals surface area (Å²) in [5.74, 6) is -0.413. The highest BCUT2D eigenvalue weighted by Crippen LogP contribution is 2.26. The van der Waals surface area contributed by atoms with E-state index < -0.39 is 0 Å². The van der Waals surface area contributed by atoms with Gasteiger partial charge in [0.05, 0.1) is 0 Å². The molecule has 3 aromatic rings. The number of carbonyl (C=O) groups is 2. The minimum Gasteiger partial charge on any atom is -0.332 e. The van der Waals surface area contributed by atoms with Crippen molar-refractivity contribution >= 4 is 62.9 Å². The fourth-order valence-corrected chi connectivity index (χ4v) is 3.17. The van der Waals surface area contributed by atoms with Crippen LogP contribution in [0.1, 0.15) is 23.7 Å². The summed E-state index contributed by atoms with van der Waals surface area (Å²) in [4.78, 5) is 24.2. The van der Waals surface area contributed by atoms with Crippen LogP contribution in [0.3, 0.4) is 0 Å². The number of anilines is 2. The standard InChI is InChI=1S/C21H18ClN3O2S/c1-2-19(26)23-13-6-3-7-14(12-13)24-21(28)25-20(27)17-10-4-9-16-15(17)8-5-11-18(16)22/h3-12H,2H2,1H3,(H,23,26)(H2,24,25,27,28). The number of nitrogens with one attached hydrogen (secondary N) is 3. The molecule has 0 unspecified atom stereocenters. The molecule has 142 valence electrons. The van der Waals surface area contributed by atoms with E-state index in [2.05, 4.69) is 16.0 Å². The molecule has 0 aliphatic rings. The van der Waals surface area contributed by atoms with Gasteiger partial charge in [-0.05, 0) is 47.9 Å². The number of rotatable bonds is 4. The van der Waals surface area contributed by atoms with Crippen LogP contribution in [0.5, 0.6) is 0 Å². The van der Waals surface area contributed by atoms with Gasteiger partial charge in [0.2, 0.25) is 5.91 Å². The van der Waals surface area contributed by atoms with Gasteiger partial charge >= 0.3 is 0 Å². The molecule has 0 spiro atoms. The Bertz CT molecular complexity index is 1070. The van der Waals surface area contributed by atoms with Crippen molar-refractivity contribution in [3.05, 3.63) is 71.2 Å². The van der Waals surface area contributed by atoms with E-state index in [9.17, 15) is 9.59 Å². The predicted molar refractivity (Wildman–Crippen MR) is 118 cm³/mol. The molecule has 0 heterocycles. The number of hydrogen-bond acceptors (Lipinski definition) is 3. The summed E-state index contributed by atoms with van der Waals surface area (Å²) in [5.41, 5.74) is 1.78. The quantitative estimate of drug-likeness (QED) is 0.530. The monoisotopic (exact) mass is 411 g/mol. The SMILES string of the molecule is CCC(=O)Nc1cccc(NC(=S)NC(=O)c2cccc3c(Cl)cccc23)c1. The van der Waals surface area contributed by atoms with E-state index in [0.29, 0.717) is 28.4 Å². The molecule has 7 heteroatoms. The zero-order valence-electron chi connectivity index (χ0n) is 15.1. The Morgan fingerprint density at radius 2 is 1.57 bits per heavy atom. The highest BCUT2D eigenvalue weighted by Gasteiger charge is 2.13. The molecule has 2 amide bonds. The molecule has 0 saturated heterocycles. The van der Waals surface area contributed by atoms with E-state index in [1.165, 1.54) is 0 Å². The molecular weight excluding hydrogens is 394 g/mol. The van der Waals surface area contributed by atoms with Crippen LogP contribution < -0.4 is 16.0 Å². The number of halogens is 1. The Balaban J connectivity index is 1.72. The number of thiocarbonyl (C=S) groups is 1. The second-order valence-corrected chi connectivity index (χ2v) is 6.85. The maximum Gasteiger partial charge on any atom is 0.258 e. The molecule has 0 atom stereocenters. The van der Waals surface area contributed by atoms with Crippen LogP contribution in [0.15, 0.2) is 60.7 Å². The van der Waals surface area contributed by atoms with E-state index in [-0.39, 0.29) is 16.9 Å². The van der Waals surface area contributed by atoms with Crippen molar-refractivity contribution in [2.24, 2.45) is 0 Å². The van der Waals surface area contributed by atoms with E-state index in [4.69, 9.17) is 23.8 Å². The molecule has 5 nitrogen and oxygen atoms in total. The van der Waals surface area contributed by atoms with Gasteiger partial charge in [-0.3, -0.25) is 14.9 Å². The second-order valence-electron chi connectivity index (χ2n) is 6.03. The molecule has 28 heavy (non-hydrogen) atoms. The lowest BCUT2D eigenvalue weighted by molar-refractivity contribution is -0.115. The van der Waals surface area contributed by atoms with Crippen molar-refractivity contribution in [1.82, 2.24) is 5.32 Å². The fourth-order valence-electron chi connectivity index (χ4n) is 2.73. The third-order valence-electron chi connectivity index (χ3n) is 4.07. The van der Waals surface area contributed by atoms with Crippen LogP contribution >= 0.6 is 23.8 Å². The average Bonchev–Trinajstić information content (AvgIpc) is 2.68. The lowest BCUT2D eigenvalue weighted by Gasteiger charge is -2.12. The summed E-state index contributed by atoms with van der Waals surface area (Å²) in [6.07, 6.45) is 0.390. The fraction of sp³-hybridized carbons (Fsp3) is 0.0952. The highest BCUT2D eigenvalue weighted by atomic mass is 35.5. The largest absolute Gasteiger partial charge is 0.332 e. The van der Waals surface area contributed by atoms with Gasteiger partial charge in [0, 0.05) is 33.8 Å². The number of fused-ring (bicyclic) bond motifs is 1. The predicted octanol–water partition coefficient (Wildman–Crippen LogP) is 4.97. The van der Waals surface area contributed by atoms with Crippen LogP contribution in [0.25, 0.3) is 10.8 Å². The molecule has 0 radical (unpaired) electrons. The van der Waals surface area contributed by atoms with Gasteiger partial charge in [0.15, 0.2) is 5.11 Å². The molecule has 0 fully saturated rings. The Kier molecular flexibility index (Phi) is 6.23. The Morgan fingerprint density at radius 3 is 2.32 bits per heavy atom. The Labute approximate surface area is 173 Å². The first-order valence-corrected chi connectivity index (χ1v) is 9.46. The minimum atomic E-state index is -0.333. The minimum absolute atomic E-state index is 0.0809. The van der Waals surface area contributed by atoms with Gasteiger partial charge in [0.1, 0.15) is 0 Å². The van der Waals surface area contributed by atoms with E-state index in [1.54, 1.807) is 55.5 Å². The normalized spacial score (nSPS) is 10.4. The number of hydrogen-bond donors (Lipinski definition) is 3. The molecular formula is C21H18ClN3O2S. The summed E-state index contributed by atoms with van der Waals surface area (Å²) in [7, 11) is 0. The zero-order valence-corrected chi connectivity index (χ0v) is 16.7. The van der Waals surface area contributed by atoms with Crippen molar-refractivity contribution in [2.45, 2.75) is 13.3 Å². The summed E-state index contributed by atoms with van der Waals surface area (Å²) in [6.45, 7) is 1.78. The lowest BCUT2D eigenvalue weighted by atomic mass is 10.0. The van der Waals surface area contributed by atoms with Crippen LogP contribution in [0.2, 0.25) is 5.02 Å². The molecule has 0 saturated carbocycles. The van der Waals surface area contributed by atoms with Gasteiger partial charge in [0.25, 0.3) is 5.91 Å². The highest BCUT2D eigenvalue weighted by molar-refractivity contribution is 7.80. The van der Waals surface area contributed by atoms with Gasteiger partial charge in [-0.2, -0.15) is 0 Å². The van der Waals surface area contributed by atoms with Gasteiger partial charge in [-0.15, -0.1) is 0 Å². The molecule has 0 aromatic heterocycles. The smallest absolute Gasteiger partial charge is 0.258 e. The Morgan fingerprint density at radius 1 is 0.929 bits per heavy atom. The zero-order chi connectivity index (χ0) is 20.1. The third kappa shape index (κ3) is 4.65. The van der Waals surface area contributed by atoms with Crippen molar-refractivity contribution in [3.8, 4) is 0 Å². The van der Waals surface area contributed by atoms with E-state index in [0.717, 1.165) is 10.8 Å². The first kappa shape index (κ1) is 19.8. The summed E-state index contributed by atoms with van der Waals surface area (Å²) >= 11 is 11.5. The third-order valence-corrected chi connectivity index (χ3v) is 4.60. The van der Waals surface area contributed by atoms with Crippen LogP contribution in [0.4, 0.5) is 11.4 Å². The lowest BCUT2D eigenvalue weighted by Crippen LogP contribution is -2.34. The van der Waals surface area contributed by atoms with Crippen molar-refractivity contribution < 1.29 is 9.59 Å². The summed E-state index contributed by atoms with van der Waals surface area (Å²) < 4.78 is 0. The maximum absolute atomic E-state index is 12.7. The molecule has 0 bridgehead atoms. The topological polar surface area (TPSA) is 70.2 Å². The van der Waals surface area contributed by atoms with Crippen LogP contribution in [0, 0.1) is 0 Å². The van der Waals surface area contributed by atoms with Crippen molar-refractivity contribution in [2.75, 3.05) is 10.6 Å². The van der Waals surface area contributed by atoms with Crippen LogP contribution in [-0.2, 0) is 4.79 Å². The first-order chi connectivity index (χ1) is 13.5. The van der Waals surface area contributed by atoms with E-state index >= 15 is 0 Å². The molecule has 0 aliphatic heterocycles. The second kappa shape index (κ2) is 8.82. The van der Waals surface area contributed by atoms with Crippen molar-refractivity contribution in [3.63, 3.8) is 0 Å². The van der Waals surface area contributed by atoms with Gasteiger partial charge in [-0.1, -0.05) is 48.9 Å². The molecule has 3 N–H and O–H groups in total. The molecule has 0 aliphatic carbocycles. The maximum atomic E-state index is 12.7. The first-order valence-electron chi connectivity index (χ1n) is 8.67. The van der Waals surface area contributed by atoms with Crippen molar-refractivity contribution in [1.29, 1.82) is 0 Å². The number of benzene rings is 3. The molecule has 3 rings (SSSR count).